The Morgan fingerprint density at radius 3 is 2.70 bits per heavy atom. The molecule has 112 valence electrons. The molecular weight excluding hydrogens is 278 g/mol. The van der Waals surface area contributed by atoms with Gasteiger partial charge in [-0.05, 0) is 37.5 Å². The van der Waals surface area contributed by atoms with Crippen LogP contribution in [0.5, 0.6) is 5.75 Å². The maximum Gasteiger partial charge on any atom is 0.257 e. The smallest absolute Gasteiger partial charge is 0.257 e. The second-order valence-electron chi connectivity index (χ2n) is 5.18. The molecule has 1 amide bonds. The molecule has 2 N–H and O–H groups in total. The predicted molar refractivity (Wildman–Crippen MR) is 80.0 cm³/mol. The summed E-state index contributed by atoms with van der Waals surface area (Å²) in [5.41, 5.74) is 0.576. The number of aliphatic hydroxyl groups excluding tert-OH is 1. The summed E-state index contributed by atoms with van der Waals surface area (Å²) in [5.74, 6) is 0.856. The van der Waals surface area contributed by atoms with Crippen LogP contribution in [0.1, 0.15) is 38.9 Å². The standard InChI is InChI=1S/C15H22ClNO3/c1-10(2)6-7-17-15(19)9-20-14-5-4-12(16)8-13(14)11(3)18/h4-5,8,10-11,18H,6-7,9H2,1-3H3,(H,17,19)/t11-/m0/s1. The van der Waals surface area contributed by atoms with Crippen molar-refractivity contribution >= 4 is 17.5 Å². The minimum Gasteiger partial charge on any atom is -0.483 e. The summed E-state index contributed by atoms with van der Waals surface area (Å²) in [7, 11) is 0. The summed E-state index contributed by atoms with van der Waals surface area (Å²) in [6, 6.07) is 4.96. The first kappa shape index (κ1) is 16.8. The largest absolute Gasteiger partial charge is 0.483 e. The molecule has 1 aromatic carbocycles. The van der Waals surface area contributed by atoms with E-state index in [-0.39, 0.29) is 12.5 Å². The second kappa shape index (κ2) is 8.12. The molecule has 5 heteroatoms. The highest BCUT2D eigenvalue weighted by atomic mass is 35.5. The lowest BCUT2D eigenvalue weighted by molar-refractivity contribution is -0.123. The van der Waals surface area contributed by atoms with Crippen molar-refractivity contribution in [2.45, 2.75) is 33.3 Å². The lowest BCUT2D eigenvalue weighted by Crippen LogP contribution is -2.30. The van der Waals surface area contributed by atoms with Gasteiger partial charge < -0.3 is 15.2 Å². The minimum absolute atomic E-state index is 0.0700. The zero-order valence-corrected chi connectivity index (χ0v) is 12.9. The van der Waals surface area contributed by atoms with Gasteiger partial charge in [0.25, 0.3) is 5.91 Å². The van der Waals surface area contributed by atoms with Gasteiger partial charge in [-0.3, -0.25) is 4.79 Å². The quantitative estimate of drug-likeness (QED) is 0.814. The molecule has 0 spiro atoms. The Balaban J connectivity index is 2.51. The molecule has 1 aromatic rings. The zero-order chi connectivity index (χ0) is 15.1. The van der Waals surface area contributed by atoms with Crippen LogP contribution in [-0.2, 0) is 4.79 Å². The number of hydrogen-bond donors (Lipinski definition) is 2. The van der Waals surface area contributed by atoms with Crippen LogP contribution in [-0.4, -0.2) is 24.2 Å². The third-order valence-electron chi connectivity index (χ3n) is 2.82. The van der Waals surface area contributed by atoms with Gasteiger partial charge in [0.15, 0.2) is 6.61 Å². The fourth-order valence-corrected chi connectivity index (χ4v) is 1.85. The van der Waals surface area contributed by atoms with Gasteiger partial charge in [-0.25, -0.2) is 0 Å². The lowest BCUT2D eigenvalue weighted by Gasteiger charge is -2.14. The predicted octanol–water partition coefficient (Wildman–Crippen LogP) is 2.93. The van der Waals surface area contributed by atoms with Crippen molar-refractivity contribution in [3.63, 3.8) is 0 Å². The van der Waals surface area contributed by atoms with Gasteiger partial charge in [0.1, 0.15) is 5.75 Å². The molecule has 0 aromatic heterocycles. The average molecular weight is 300 g/mol. The Labute approximate surface area is 125 Å². The van der Waals surface area contributed by atoms with Crippen molar-refractivity contribution in [2.24, 2.45) is 5.92 Å². The lowest BCUT2D eigenvalue weighted by atomic mass is 10.1. The van der Waals surface area contributed by atoms with Crippen LogP contribution >= 0.6 is 11.6 Å². The molecule has 0 aliphatic carbocycles. The molecule has 0 bridgehead atoms. The molecule has 0 unspecified atom stereocenters. The molecule has 1 rings (SSSR count). The van der Waals surface area contributed by atoms with Crippen LogP contribution in [0.25, 0.3) is 0 Å². The maximum atomic E-state index is 11.6. The Morgan fingerprint density at radius 2 is 2.10 bits per heavy atom. The van der Waals surface area contributed by atoms with Gasteiger partial charge in [0, 0.05) is 17.1 Å². The zero-order valence-electron chi connectivity index (χ0n) is 12.1. The Hall–Kier alpha value is -1.26. The van der Waals surface area contributed by atoms with E-state index in [0.29, 0.717) is 28.8 Å². The molecule has 0 fully saturated rings. The molecule has 0 aliphatic heterocycles. The van der Waals surface area contributed by atoms with Crippen molar-refractivity contribution in [1.29, 1.82) is 0 Å². The highest BCUT2D eigenvalue weighted by molar-refractivity contribution is 6.30. The summed E-state index contributed by atoms with van der Waals surface area (Å²) in [6.07, 6.45) is 0.235. The molecule has 0 radical (unpaired) electrons. The topological polar surface area (TPSA) is 58.6 Å². The van der Waals surface area contributed by atoms with Crippen molar-refractivity contribution in [3.8, 4) is 5.75 Å². The van der Waals surface area contributed by atoms with Gasteiger partial charge in [0.2, 0.25) is 0 Å². The van der Waals surface area contributed by atoms with Crippen molar-refractivity contribution in [2.75, 3.05) is 13.2 Å². The third-order valence-corrected chi connectivity index (χ3v) is 3.06. The van der Waals surface area contributed by atoms with E-state index in [9.17, 15) is 9.90 Å². The molecule has 1 atom stereocenters. The first-order chi connectivity index (χ1) is 9.40. The number of carbonyl (C=O) groups excluding carboxylic acids is 1. The fourth-order valence-electron chi connectivity index (χ4n) is 1.67. The van der Waals surface area contributed by atoms with E-state index >= 15 is 0 Å². The van der Waals surface area contributed by atoms with Gasteiger partial charge >= 0.3 is 0 Å². The summed E-state index contributed by atoms with van der Waals surface area (Å²) < 4.78 is 5.44. The second-order valence-corrected chi connectivity index (χ2v) is 5.62. The van der Waals surface area contributed by atoms with Gasteiger partial charge in [-0.1, -0.05) is 25.4 Å². The normalized spacial score (nSPS) is 12.3. The summed E-state index contributed by atoms with van der Waals surface area (Å²) in [5, 5.41) is 13.0. The minimum atomic E-state index is -0.701. The number of carbonyl (C=O) groups is 1. The number of benzene rings is 1. The van der Waals surface area contributed by atoms with E-state index in [1.165, 1.54) is 0 Å². The summed E-state index contributed by atoms with van der Waals surface area (Å²) in [4.78, 5) is 11.6. The highest BCUT2D eigenvalue weighted by Crippen LogP contribution is 2.28. The van der Waals surface area contributed by atoms with Crippen LogP contribution < -0.4 is 10.1 Å². The van der Waals surface area contributed by atoms with E-state index < -0.39 is 6.10 Å². The van der Waals surface area contributed by atoms with E-state index in [2.05, 4.69) is 19.2 Å². The number of aliphatic hydroxyl groups is 1. The van der Waals surface area contributed by atoms with Gasteiger partial charge in [-0.15, -0.1) is 0 Å². The number of amides is 1. The Bertz CT molecular complexity index is 447. The number of nitrogens with one attached hydrogen (secondary N) is 1. The average Bonchev–Trinajstić information content (AvgIpc) is 2.36. The van der Waals surface area contributed by atoms with E-state index in [1.54, 1.807) is 25.1 Å². The van der Waals surface area contributed by atoms with Crippen LogP contribution in [0.4, 0.5) is 0 Å². The Morgan fingerprint density at radius 1 is 1.40 bits per heavy atom. The summed E-state index contributed by atoms with van der Waals surface area (Å²) in [6.45, 7) is 6.40. The maximum absolute atomic E-state index is 11.6. The van der Waals surface area contributed by atoms with Gasteiger partial charge in [0.05, 0.1) is 6.10 Å². The van der Waals surface area contributed by atoms with E-state index in [0.717, 1.165) is 6.42 Å². The molecule has 20 heavy (non-hydrogen) atoms. The first-order valence-corrected chi connectivity index (χ1v) is 7.15. The van der Waals surface area contributed by atoms with E-state index in [4.69, 9.17) is 16.3 Å². The molecule has 0 saturated carbocycles. The Kier molecular flexibility index (Phi) is 6.82. The molecular formula is C15H22ClNO3. The molecule has 0 saturated heterocycles. The molecule has 0 heterocycles. The number of rotatable bonds is 7. The monoisotopic (exact) mass is 299 g/mol. The van der Waals surface area contributed by atoms with Crippen LogP contribution in [0, 0.1) is 5.92 Å². The van der Waals surface area contributed by atoms with Gasteiger partial charge in [-0.2, -0.15) is 0 Å². The fraction of sp³-hybridized carbons (Fsp3) is 0.533. The SMILES string of the molecule is CC(C)CCNC(=O)COc1ccc(Cl)cc1[C@H](C)O. The number of halogens is 1. The number of hydrogen-bond acceptors (Lipinski definition) is 3. The molecule has 4 nitrogen and oxygen atoms in total. The van der Waals surface area contributed by atoms with Crippen molar-refractivity contribution < 1.29 is 14.6 Å². The first-order valence-electron chi connectivity index (χ1n) is 6.77. The van der Waals surface area contributed by atoms with Crippen LogP contribution in [0.3, 0.4) is 0 Å². The van der Waals surface area contributed by atoms with Crippen LogP contribution in [0.2, 0.25) is 5.02 Å². The third kappa shape index (κ3) is 5.80. The highest BCUT2D eigenvalue weighted by Gasteiger charge is 2.11. The number of ether oxygens (including phenoxy) is 1. The van der Waals surface area contributed by atoms with Crippen molar-refractivity contribution in [1.82, 2.24) is 5.32 Å². The summed E-state index contributed by atoms with van der Waals surface area (Å²) >= 11 is 5.88. The van der Waals surface area contributed by atoms with Crippen LogP contribution in [0.15, 0.2) is 18.2 Å². The van der Waals surface area contributed by atoms with E-state index in [1.807, 2.05) is 0 Å². The van der Waals surface area contributed by atoms with Crippen molar-refractivity contribution in [3.05, 3.63) is 28.8 Å². The molecule has 0 aliphatic rings.